The van der Waals surface area contributed by atoms with Crippen molar-refractivity contribution in [3.05, 3.63) is 35.6 Å². The molecule has 0 radical (unpaired) electrons. The predicted octanol–water partition coefficient (Wildman–Crippen LogP) is 1.13. The van der Waals surface area contributed by atoms with E-state index in [0.29, 0.717) is 5.56 Å². The van der Waals surface area contributed by atoms with Crippen molar-refractivity contribution in [1.82, 2.24) is 5.32 Å². The molecule has 0 aromatic heterocycles. The van der Waals surface area contributed by atoms with Gasteiger partial charge in [-0.3, -0.25) is 0 Å². The average Bonchev–Trinajstić information content (AvgIpc) is 2.14. The monoisotopic (exact) mass is 199 g/mol. The Balaban J connectivity index is 2.83. The first kappa shape index (κ1) is 10.5. The molecule has 76 valence electrons. The third-order valence-electron chi connectivity index (χ3n) is 1.73. The SMILES string of the molecule is O=C(O)NC(CO)c1cccc(F)c1. The van der Waals surface area contributed by atoms with Crippen LogP contribution >= 0.6 is 0 Å². The minimum absolute atomic E-state index is 0.398. The summed E-state index contributed by atoms with van der Waals surface area (Å²) in [5, 5.41) is 19.4. The second-order valence-corrected chi connectivity index (χ2v) is 2.74. The normalized spacial score (nSPS) is 12.1. The molecule has 1 aromatic carbocycles. The molecule has 0 bridgehead atoms. The number of hydrogen-bond donors (Lipinski definition) is 3. The summed E-state index contributed by atoms with van der Waals surface area (Å²) in [7, 11) is 0. The average molecular weight is 199 g/mol. The lowest BCUT2D eigenvalue weighted by Crippen LogP contribution is -2.29. The number of hydrogen-bond acceptors (Lipinski definition) is 2. The minimum Gasteiger partial charge on any atom is -0.465 e. The van der Waals surface area contributed by atoms with Gasteiger partial charge in [0, 0.05) is 0 Å². The maximum atomic E-state index is 12.7. The summed E-state index contributed by atoms with van der Waals surface area (Å²) in [5.41, 5.74) is 0.398. The van der Waals surface area contributed by atoms with Crippen LogP contribution in [0.1, 0.15) is 11.6 Å². The third-order valence-corrected chi connectivity index (χ3v) is 1.73. The van der Waals surface area contributed by atoms with E-state index in [4.69, 9.17) is 10.2 Å². The molecule has 1 unspecified atom stereocenters. The highest BCUT2D eigenvalue weighted by Gasteiger charge is 2.12. The van der Waals surface area contributed by atoms with E-state index in [1.54, 1.807) is 6.07 Å². The zero-order valence-corrected chi connectivity index (χ0v) is 7.27. The molecule has 1 aromatic rings. The van der Waals surface area contributed by atoms with Crippen LogP contribution in [-0.4, -0.2) is 22.9 Å². The van der Waals surface area contributed by atoms with Gasteiger partial charge in [-0.2, -0.15) is 0 Å². The molecule has 0 fully saturated rings. The Morgan fingerprint density at radius 1 is 1.57 bits per heavy atom. The molecule has 1 rings (SSSR count). The van der Waals surface area contributed by atoms with Gasteiger partial charge in [0.2, 0.25) is 0 Å². The highest BCUT2D eigenvalue weighted by Crippen LogP contribution is 2.13. The summed E-state index contributed by atoms with van der Waals surface area (Å²) in [6.45, 7) is -0.407. The number of carbonyl (C=O) groups is 1. The molecule has 5 heteroatoms. The Morgan fingerprint density at radius 3 is 2.79 bits per heavy atom. The maximum Gasteiger partial charge on any atom is 0.405 e. The lowest BCUT2D eigenvalue weighted by Gasteiger charge is -2.14. The van der Waals surface area contributed by atoms with Gasteiger partial charge in [0.15, 0.2) is 0 Å². The van der Waals surface area contributed by atoms with Crippen LogP contribution in [0, 0.1) is 5.82 Å². The van der Waals surface area contributed by atoms with E-state index < -0.39 is 24.6 Å². The van der Waals surface area contributed by atoms with E-state index >= 15 is 0 Å². The second-order valence-electron chi connectivity index (χ2n) is 2.74. The maximum absolute atomic E-state index is 12.7. The number of aliphatic hydroxyl groups excluding tert-OH is 1. The van der Waals surface area contributed by atoms with E-state index in [-0.39, 0.29) is 0 Å². The molecule has 3 N–H and O–H groups in total. The van der Waals surface area contributed by atoms with Crippen molar-refractivity contribution in [3.63, 3.8) is 0 Å². The van der Waals surface area contributed by atoms with Crippen molar-refractivity contribution in [3.8, 4) is 0 Å². The Hall–Kier alpha value is -1.62. The molecular weight excluding hydrogens is 189 g/mol. The lowest BCUT2D eigenvalue weighted by molar-refractivity contribution is 0.177. The molecule has 0 aliphatic carbocycles. The number of carboxylic acid groups (broad SMARTS) is 1. The quantitative estimate of drug-likeness (QED) is 0.683. The summed E-state index contributed by atoms with van der Waals surface area (Å²) < 4.78 is 12.7. The summed E-state index contributed by atoms with van der Waals surface area (Å²) in [5.74, 6) is -0.465. The van der Waals surface area contributed by atoms with Crippen LogP contribution in [0.15, 0.2) is 24.3 Å². The fraction of sp³-hybridized carbons (Fsp3) is 0.222. The first-order chi connectivity index (χ1) is 6.63. The predicted molar refractivity (Wildman–Crippen MR) is 47.4 cm³/mol. The first-order valence-corrected chi connectivity index (χ1v) is 3.99. The van der Waals surface area contributed by atoms with E-state index in [0.717, 1.165) is 0 Å². The highest BCUT2D eigenvalue weighted by atomic mass is 19.1. The summed E-state index contributed by atoms with van der Waals surface area (Å²) in [6.07, 6.45) is -1.26. The van der Waals surface area contributed by atoms with Gasteiger partial charge in [-0.15, -0.1) is 0 Å². The first-order valence-electron chi connectivity index (χ1n) is 3.99. The Kier molecular flexibility index (Phi) is 3.41. The van der Waals surface area contributed by atoms with Crippen LogP contribution in [0.25, 0.3) is 0 Å². The number of nitrogens with one attached hydrogen (secondary N) is 1. The molecule has 0 aliphatic rings. The molecule has 0 saturated heterocycles. The molecule has 4 nitrogen and oxygen atoms in total. The Morgan fingerprint density at radius 2 is 2.29 bits per heavy atom. The topological polar surface area (TPSA) is 69.6 Å². The molecule has 0 aliphatic heterocycles. The zero-order chi connectivity index (χ0) is 10.6. The van der Waals surface area contributed by atoms with Crippen LogP contribution in [0.4, 0.5) is 9.18 Å². The lowest BCUT2D eigenvalue weighted by atomic mass is 10.1. The standard InChI is InChI=1S/C9H10FNO3/c10-7-3-1-2-6(4-7)8(5-12)11-9(13)14/h1-4,8,11-12H,5H2,(H,13,14). The molecule has 1 atom stereocenters. The minimum atomic E-state index is -1.26. The number of benzene rings is 1. The molecule has 1 amide bonds. The molecule has 0 spiro atoms. The van der Waals surface area contributed by atoms with Crippen molar-refractivity contribution < 1.29 is 19.4 Å². The number of halogens is 1. The van der Waals surface area contributed by atoms with Crippen LogP contribution in [-0.2, 0) is 0 Å². The van der Waals surface area contributed by atoms with Crippen LogP contribution < -0.4 is 5.32 Å². The van der Waals surface area contributed by atoms with Crippen LogP contribution in [0.3, 0.4) is 0 Å². The number of rotatable bonds is 3. The van der Waals surface area contributed by atoms with E-state index in [1.807, 2.05) is 0 Å². The second kappa shape index (κ2) is 4.57. The largest absolute Gasteiger partial charge is 0.465 e. The van der Waals surface area contributed by atoms with Crippen molar-refractivity contribution in [2.75, 3.05) is 6.61 Å². The number of aliphatic hydroxyl groups is 1. The number of amides is 1. The molecule has 14 heavy (non-hydrogen) atoms. The van der Waals surface area contributed by atoms with Crippen molar-refractivity contribution in [1.29, 1.82) is 0 Å². The molecular formula is C9H10FNO3. The van der Waals surface area contributed by atoms with Crippen LogP contribution in [0.5, 0.6) is 0 Å². The molecule has 0 saturated carbocycles. The van der Waals surface area contributed by atoms with Gasteiger partial charge < -0.3 is 15.5 Å². The smallest absolute Gasteiger partial charge is 0.405 e. The Bertz CT molecular complexity index is 330. The highest BCUT2D eigenvalue weighted by molar-refractivity contribution is 5.65. The zero-order valence-electron chi connectivity index (χ0n) is 7.27. The van der Waals surface area contributed by atoms with Gasteiger partial charge in [0.1, 0.15) is 5.82 Å². The van der Waals surface area contributed by atoms with E-state index in [9.17, 15) is 9.18 Å². The Labute approximate surface area is 80.0 Å². The van der Waals surface area contributed by atoms with Crippen molar-refractivity contribution in [2.24, 2.45) is 0 Å². The molecule has 0 heterocycles. The summed E-state index contributed by atoms with van der Waals surface area (Å²) >= 11 is 0. The van der Waals surface area contributed by atoms with Crippen molar-refractivity contribution in [2.45, 2.75) is 6.04 Å². The van der Waals surface area contributed by atoms with E-state index in [1.165, 1.54) is 18.2 Å². The summed E-state index contributed by atoms with van der Waals surface area (Å²) in [6, 6.07) is 4.63. The van der Waals surface area contributed by atoms with Gasteiger partial charge in [0.25, 0.3) is 0 Å². The van der Waals surface area contributed by atoms with Crippen LogP contribution in [0.2, 0.25) is 0 Å². The van der Waals surface area contributed by atoms with Gasteiger partial charge >= 0.3 is 6.09 Å². The fourth-order valence-corrected chi connectivity index (χ4v) is 1.11. The van der Waals surface area contributed by atoms with Crippen molar-refractivity contribution >= 4 is 6.09 Å². The summed E-state index contributed by atoms with van der Waals surface area (Å²) in [4.78, 5) is 10.3. The van der Waals surface area contributed by atoms with E-state index in [2.05, 4.69) is 5.32 Å². The van der Waals surface area contributed by atoms with Gasteiger partial charge in [-0.25, -0.2) is 9.18 Å². The van der Waals surface area contributed by atoms with Gasteiger partial charge in [-0.05, 0) is 17.7 Å². The third kappa shape index (κ3) is 2.70. The fourth-order valence-electron chi connectivity index (χ4n) is 1.11. The van der Waals surface area contributed by atoms with Gasteiger partial charge in [0.05, 0.1) is 12.6 Å². The van der Waals surface area contributed by atoms with Gasteiger partial charge in [-0.1, -0.05) is 12.1 Å².